The van der Waals surface area contributed by atoms with Gasteiger partial charge in [-0.05, 0) is 23.8 Å². The number of nitro groups is 1. The van der Waals surface area contributed by atoms with Gasteiger partial charge in [0.05, 0.1) is 12.1 Å². The number of carboxylic acid groups (broad SMARTS) is 1. The molecule has 2 heterocycles. The summed E-state index contributed by atoms with van der Waals surface area (Å²) >= 11 is 0. The summed E-state index contributed by atoms with van der Waals surface area (Å²) in [6, 6.07) is 0. The van der Waals surface area contributed by atoms with Gasteiger partial charge in [0.25, 0.3) is 0 Å². The smallest absolute Gasteiger partial charge is 0.409 e. The summed E-state index contributed by atoms with van der Waals surface area (Å²) in [6.45, 7) is 5.02. The van der Waals surface area contributed by atoms with Crippen LogP contribution >= 0.6 is 0 Å². The zero-order chi connectivity index (χ0) is 15.9. The average Bonchev–Trinajstić information content (AvgIpc) is 2.81. The van der Waals surface area contributed by atoms with Gasteiger partial charge in [0.1, 0.15) is 0 Å². The van der Waals surface area contributed by atoms with E-state index in [1.165, 1.54) is 4.68 Å². The minimum atomic E-state index is -0.976. The van der Waals surface area contributed by atoms with Gasteiger partial charge in [0.2, 0.25) is 11.6 Å². The van der Waals surface area contributed by atoms with Crippen LogP contribution in [0.4, 0.5) is 5.82 Å². The Morgan fingerprint density at radius 3 is 2.52 bits per heavy atom. The van der Waals surface area contributed by atoms with Gasteiger partial charge < -0.3 is 15.2 Å². The number of aliphatic carboxylic acids is 1. The Morgan fingerprint density at radius 2 is 2.00 bits per heavy atom. The summed E-state index contributed by atoms with van der Waals surface area (Å²) in [5.41, 5.74) is 1.64. The predicted molar refractivity (Wildman–Crippen MR) is 72.5 cm³/mol. The highest BCUT2D eigenvalue weighted by Crippen LogP contribution is 2.26. The first-order valence-electron chi connectivity index (χ1n) is 6.19. The standard InChI is InChI=1S/C12H15N5O4/c1-6-9(5-10(18)19)7(2)16(14-6)12-11(17(20)21)13-8(3)15(12)4/h5H2,1-4H3,(H,18,19). The summed E-state index contributed by atoms with van der Waals surface area (Å²) in [5.74, 6) is -0.585. The van der Waals surface area contributed by atoms with E-state index in [9.17, 15) is 14.9 Å². The first-order valence-corrected chi connectivity index (χ1v) is 6.19. The second kappa shape index (κ2) is 5.00. The Labute approximate surface area is 120 Å². The number of carboxylic acids is 1. The molecule has 0 radical (unpaired) electrons. The van der Waals surface area contributed by atoms with E-state index in [0.717, 1.165) is 0 Å². The predicted octanol–water partition coefficient (Wildman–Crippen LogP) is 1.07. The fourth-order valence-electron chi connectivity index (χ4n) is 2.23. The Kier molecular flexibility index (Phi) is 3.50. The Balaban J connectivity index is 2.69. The molecular formula is C12H15N5O4. The van der Waals surface area contributed by atoms with Gasteiger partial charge in [-0.1, -0.05) is 0 Å². The van der Waals surface area contributed by atoms with Gasteiger partial charge in [-0.3, -0.25) is 9.36 Å². The maximum atomic E-state index is 11.1. The molecule has 0 saturated carbocycles. The molecule has 0 saturated heterocycles. The van der Waals surface area contributed by atoms with Crippen molar-refractivity contribution in [1.82, 2.24) is 19.3 Å². The van der Waals surface area contributed by atoms with Crippen LogP contribution in [-0.2, 0) is 18.3 Å². The number of aromatic nitrogens is 4. The lowest BCUT2D eigenvalue weighted by Crippen LogP contribution is -2.09. The van der Waals surface area contributed by atoms with Gasteiger partial charge in [-0.25, -0.2) is 4.68 Å². The minimum absolute atomic E-state index is 0.178. The first-order chi connectivity index (χ1) is 9.73. The van der Waals surface area contributed by atoms with Crippen LogP contribution in [0.5, 0.6) is 0 Å². The van der Waals surface area contributed by atoms with Crippen LogP contribution in [0.2, 0.25) is 0 Å². The molecule has 2 aromatic rings. The van der Waals surface area contributed by atoms with Crippen molar-refractivity contribution in [3.63, 3.8) is 0 Å². The van der Waals surface area contributed by atoms with Gasteiger partial charge in [0.15, 0.2) is 0 Å². The van der Waals surface area contributed by atoms with Crippen molar-refractivity contribution in [2.45, 2.75) is 27.2 Å². The lowest BCUT2D eigenvalue weighted by molar-refractivity contribution is -0.389. The molecule has 2 aromatic heterocycles. The fourth-order valence-corrected chi connectivity index (χ4v) is 2.23. The molecule has 0 aliphatic heterocycles. The van der Waals surface area contributed by atoms with Gasteiger partial charge >= 0.3 is 11.8 Å². The average molecular weight is 293 g/mol. The summed E-state index contributed by atoms with van der Waals surface area (Å²) in [5, 5.41) is 24.3. The van der Waals surface area contributed by atoms with Crippen molar-refractivity contribution in [3.8, 4) is 5.82 Å². The second-order valence-electron chi connectivity index (χ2n) is 4.75. The molecule has 9 nitrogen and oxygen atoms in total. The lowest BCUT2D eigenvalue weighted by atomic mass is 10.1. The third-order valence-corrected chi connectivity index (χ3v) is 3.41. The zero-order valence-corrected chi connectivity index (χ0v) is 12.1. The third-order valence-electron chi connectivity index (χ3n) is 3.41. The molecule has 0 amide bonds. The maximum Gasteiger partial charge on any atom is 0.409 e. The van der Waals surface area contributed by atoms with Crippen LogP contribution in [0.3, 0.4) is 0 Å². The molecule has 0 aromatic carbocycles. The third kappa shape index (κ3) is 2.37. The normalized spacial score (nSPS) is 10.9. The maximum absolute atomic E-state index is 11.1. The summed E-state index contributed by atoms with van der Waals surface area (Å²) in [4.78, 5) is 25.4. The highest BCUT2D eigenvalue weighted by atomic mass is 16.6. The molecule has 0 fully saturated rings. The number of aryl methyl sites for hydroxylation is 2. The number of nitrogens with zero attached hydrogens (tertiary/aromatic N) is 5. The molecule has 9 heteroatoms. The van der Waals surface area contributed by atoms with Crippen molar-refractivity contribution >= 4 is 11.8 Å². The van der Waals surface area contributed by atoms with E-state index in [2.05, 4.69) is 10.1 Å². The summed E-state index contributed by atoms with van der Waals surface area (Å²) < 4.78 is 2.94. The molecule has 0 atom stereocenters. The summed E-state index contributed by atoms with van der Waals surface area (Å²) in [7, 11) is 1.65. The van der Waals surface area contributed by atoms with E-state index in [1.54, 1.807) is 32.4 Å². The quantitative estimate of drug-likeness (QED) is 0.665. The highest BCUT2D eigenvalue weighted by Gasteiger charge is 2.28. The van der Waals surface area contributed by atoms with Crippen LogP contribution in [0.1, 0.15) is 22.8 Å². The Bertz CT molecular complexity index is 743. The monoisotopic (exact) mass is 293 g/mol. The molecule has 0 bridgehead atoms. The van der Waals surface area contributed by atoms with Crippen LogP contribution in [0, 0.1) is 30.9 Å². The van der Waals surface area contributed by atoms with Crippen molar-refractivity contribution < 1.29 is 14.8 Å². The van der Waals surface area contributed by atoms with Crippen LogP contribution in [-0.4, -0.2) is 35.3 Å². The van der Waals surface area contributed by atoms with E-state index in [4.69, 9.17) is 5.11 Å². The second-order valence-corrected chi connectivity index (χ2v) is 4.75. The number of hydrogen-bond acceptors (Lipinski definition) is 5. The molecule has 0 aliphatic carbocycles. The van der Waals surface area contributed by atoms with Crippen molar-refractivity contribution in [3.05, 3.63) is 32.9 Å². The van der Waals surface area contributed by atoms with Gasteiger partial charge in [0, 0.05) is 25.2 Å². The Morgan fingerprint density at radius 1 is 1.38 bits per heavy atom. The topological polar surface area (TPSA) is 116 Å². The van der Waals surface area contributed by atoms with E-state index in [0.29, 0.717) is 22.8 Å². The minimum Gasteiger partial charge on any atom is -0.481 e. The molecule has 1 N–H and O–H groups in total. The molecule has 0 spiro atoms. The van der Waals surface area contributed by atoms with E-state index < -0.39 is 10.9 Å². The van der Waals surface area contributed by atoms with Crippen molar-refractivity contribution in [2.75, 3.05) is 0 Å². The van der Waals surface area contributed by atoms with Gasteiger partial charge in [-0.2, -0.15) is 5.10 Å². The van der Waals surface area contributed by atoms with Crippen molar-refractivity contribution in [2.24, 2.45) is 7.05 Å². The number of imidazole rings is 1. The summed E-state index contributed by atoms with van der Waals surface area (Å²) in [6.07, 6.45) is -0.178. The SMILES string of the molecule is Cc1nn(-c2c([N+](=O)[O-])nc(C)n2C)c(C)c1CC(=O)O. The van der Waals surface area contributed by atoms with E-state index >= 15 is 0 Å². The van der Waals surface area contributed by atoms with Gasteiger partial charge in [-0.15, -0.1) is 0 Å². The van der Waals surface area contributed by atoms with E-state index in [-0.39, 0.29) is 18.1 Å². The largest absolute Gasteiger partial charge is 0.481 e. The first kappa shape index (κ1) is 14.7. The molecule has 0 unspecified atom stereocenters. The Hall–Kier alpha value is -2.71. The molecular weight excluding hydrogens is 278 g/mol. The molecule has 0 aliphatic rings. The molecule has 2 rings (SSSR count). The number of hydrogen-bond donors (Lipinski definition) is 1. The fraction of sp³-hybridized carbons (Fsp3) is 0.417. The van der Waals surface area contributed by atoms with Crippen molar-refractivity contribution in [1.29, 1.82) is 0 Å². The zero-order valence-electron chi connectivity index (χ0n) is 12.1. The molecule has 112 valence electrons. The highest BCUT2D eigenvalue weighted by molar-refractivity contribution is 5.71. The van der Waals surface area contributed by atoms with Crippen LogP contribution < -0.4 is 0 Å². The van der Waals surface area contributed by atoms with E-state index in [1.807, 2.05) is 0 Å². The number of carbonyl (C=O) groups is 1. The lowest BCUT2D eigenvalue weighted by Gasteiger charge is -2.05. The number of rotatable bonds is 4. The molecule has 21 heavy (non-hydrogen) atoms. The van der Waals surface area contributed by atoms with Crippen LogP contribution in [0.15, 0.2) is 0 Å². The van der Waals surface area contributed by atoms with Crippen LogP contribution in [0.25, 0.3) is 5.82 Å².